The van der Waals surface area contributed by atoms with Crippen molar-refractivity contribution in [3.63, 3.8) is 0 Å². The minimum atomic E-state index is 0.150. The highest BCUT2D eigenvalue weighted by molar-refractivity contribution is 5.54. The van der Waals surface area contributed by atoms with Gasteiger partial charge < -0.3 is 20.4 Å². The van der Waals surface area contributed by atoms with Crippen LogP contribution in [0.5, 0.6) is 5.75 Å². The predicted molar refractivity (Wildman–Crippen MR) is 84.4 cm³/mol. The number of hydrogen-bond acceptors (Lipinski definition) is 4. The van der Waals surface area contributed by atoms with Gasteiger partial charge in [-0.2, -0.15) is 0 Å². The molecule has 0 radical (unpaired) electrons. The average Bonchev–Trinajstić information content (AvgIpc) is 2.45. The predicted octanol–water partition coefficient (Wildman–Crippen LogP) is 2.66. The molecule has 4 nitrogen and oxygen atoms in total. The van der Waals surface area contributed by atoms with Crippen LogP contribution in [0.1, 0.15) is 45.2 Å². The summed E-state index contributed by atoms with van der Waals surface area (Å²) in [7, 11) is 0. The van der Waals surface area contributed by atoms with Gasteiger partial charge in [-0.15, -0.1) is 0 Å². The Morgan fingerprint density at radius 3 is 2.60 bits per heavy atom. The largest absolute Gasteiger partial charge is 0.508 e. The van der Waals surface area contributed by atoms with Crippen LogP contribution in [0.3, 0.4) is 0 Å². The summed E-state index contributed by atoms with van der Waals surface area (Å²) >= 11 is 0. The van der Waals surface area contributed by atoms with Crippen LogP contribution < -0.4 is 10.2 Å². The zero-order valence-corrected chi connectivity index (χ0v) is 12.9. The topological polar surface area (TPSA) is 55.7 Å². The van der Waals surface area contributed by atoms with Crippen molar-refractivity contribution in [2.45, 2.75) is 39.7 Å². The molecule has 0 amide bonds. The first-order valence-electron chi connectivity index (χ1n) is 7.56. The lowest BCUT2D eigenvalue weighted by atomic mass is 10.1. The van der Waals surface area contributed by atoms with Crippen molar-refractivity contribution in [3.05, 3.63) is 23.8 Å². The molecule has 0 aliphatic carbocycles. The molecule has 0 aromatic heterocycles. The summed E-state index contributed by atoms with van der Waals surface area (Å²) in [5.74, 6) is 0.334. The Hall–Kier alpha value is -1.26. The Kier molecular flexibility index (Phi) is 7.41. The highest BCUT2D eigenvalue weighted by atomic mass is 16.3. The number of aliphatic hydroxyl groups is 1. The maximum Gasteiger partial charge on any atom is 0.122 e. The number of aliphatic hydroxyl groups excluding tert-OH is 1. The van der Waals surface area contributed by atoms with E-state index in [0.717, 1.165) is 43.7 Å². The smallest absolute Gasteiger partial charge is 0.122 e. The Labute approximate surface area is 122 Å². The molecule has 0 aliphatic heterocycles. The standard InChI is InChI=1S/C16H28N2O2/c1-4-9-17-13(3)15-8-7-14(12-16(15)20)18(5-2)10-6-11-19/h7-8,12-13,17,19-20H,4-6,9-11H2,1-3H3. The number of phenols is 1. The zero-order valence-electron chi connectivity index (χ0n) is 12.9. The third-order valence-electron chi connectivity index (χ3n) is 3.51. The molecule has 1 unspecified atom stereocenters. The summed E-state index contributed by atoms with van der Waals surface area (Å²) in [5.41, 5.74) is 1.94. The molecule has 4 heteroatoms. The normalized spacial score (nSPS) is 12.4. The quantitative estimate of drug-likeness (QED) is 0.651. The second-order valence-electron chi connectivity index (χ2n) is 5.08. The van der Waals surface area contributed by atoms with Gasteiger partial charge in [0.05, 0.1) is 0 Å². The molecule has 0 fully saturated rings. The number of benzene rings is 1. The Balaban J connectivity index is 2.80. The first kappa shape index (κ1) is 16.8. The van der Waals surface area contributed by atoms with Crippen molar-refractivity contribution < 1.29 is 10.2 Å². The highest BCUT2D eigenvalue weighted by Gasteiger charge is 2.12. The molecule has 0 spiro atoms. The monoisotopic (exact) mass is 280 g/mol. The fourth-order valence-electron chi connectivity index (χ4n) is 2.30. The number of aromatic hydroxyl groups is 1. The summed E-state index contributed by atoms with van der Waals surface area (Å²) in [6, 6.07) is 6.00. The molecule has 0 saturated carbocycles. The Morgan fingerprint density at radius 1 is 1.30 bits per heavy atom. The molecule has 0 aliphatic rings. The van der Waals surface area contributed by atoms with Crippen molar-refractivity contribution >= 4 is 5.69 Å². The van der Waals surface area contributed by atoms with Crippen LogP contribution in [0.25, 0.3) is 0 Å². The maximum atomic E-state index is 10.2. The van der Waals surface area contributed by atoms with E-state index in [1.807, 2.05) is 18.2 Å². The van der Waals surface area contributed by atoms with Crippen molar-refractivity contribution in [1.82, 2.24) is 5.32 Å². The van der Waals surface area contributed by atoms with E-state index in [0.29, 0.717) is 5.75 Å². The van der Waals surface area contributed by atoms with Gasteiger partial charge in [-0.3, -0.25) is 0 Å². The summed E-state index contributed by atoms with van der Waals surface area (Å²) < 4.78 is 0. The Morgan fingerprint density at radius 2 is 2.05 bits per heavy atom. The third kappa shape index (κ3) is 4.69. The van der Waals surface area contributed by atoms with Gasteiger partial charge in [0.25, 0.3) is 0 Å². The summed E-state index contributed by atoms with van der Waals surface area (Å²) in [4.78, 5) is 2.16. The molecule has 1 rings (SSSR count). The molecule has 20 heavy (non-hydrogen) atoms. The van der Waals surface area contributed by atoms with Gasteiger partial charge in [0.1, 0.15) is 5.75 Å². The van der Waals surface area contributed by atoms with Gasteiger partial charge in [-0.05, 0) is 39.3 Å². The van der Waals surface area contributed by atoms with E-state index in [-0.39, 0.29) is 12.6 Å². The van der Waals surface area contributed by atoms with Gasteiger partial charge in [-0.25, -0.2) is 0 Å². The van der Waals surface area contributed by atoms with Crippen molar-refractivity contribution in [2.24, 2.45) is 0 Å². The fraction of sp³-hybridized carbons (Fsp3) is 0.625. The van der Waals surface area contributed by atoms with Gasteiger partial charge in [0, 0.05) is 43.1 Å². The SMILES string of the molecule is CCCNC(C)c1ccc(N(CC)CCCO)cc1O. The van der Waals surface area contributed by atoms with E-state index >= 15 is 0 Å². The van der Waals surface area contributed by atoms with Crippen molar-refractivity contribution in [1.29, 1.82) is 0 Å². The number of rotatable bonds is 9. The van der Waals surface area contributed by atoms with Gasteiger partial charge in [0.2, 0.25) is 0 Å². The minimum absolute atomic E-state index is 0.150. The van der Waals surface area contributed by atoms with Crippen LogP contribution in [0, 0.1) is 0 Å². The van der Waals surface area contributed by atoms with Crippen LogP contribution in [0.2, 0.25) is 0 Å². The van der Waals surface area contributed by atoms with Crippen LogP contribution in [-0.4, -0.2) is 36.5 Å². The number of anilines is 1. The summed E-state index contributed by atoms with van der Waals surface area (Å²) in [5, 5.41) is 22.5. The maximum absolute atomic E-state index is 10.2. The lowest BCUT2D eigenvalue weighted by Gasteiger charge is -2.24. The third-order valence-corrected chi connectivity index (χ3v) is 3.51. The first-order chi connectivity index (χ1) is 9.63. The van der Waals surface area contributed by atoms with Gasteiger partial charge in [-0.1, -0.05) is 13.0 Å². The number of phenolic OH excluding ortho intramolecular Hbond substituents is 1. The molecular formula is C16H28N2O2. The van der Waals surface area contributed by atoms with E-state index in [4.69, 9.17) is 5.11 Å². The summed E-state index contributed by atoms with van der Waals surface area (Å²) in [6.45, 7) is 9.07. The molecule has 1 aromatic rings. The van der Waals surface area contributed by atoms with Gasteiger partial charge in [0.15, 0.2) is 0 Å². The molecular weight excluding hydrogens is 252 g/mol. The van der Waals surface area contributed by atoms with E-state index < -0.39 is 0 Å². The number of nitrogens with zero attached hydrogens (tertiary/aromatic N) is 1. The first-order valence-corrected chi connectivity index (χ1v) is 7.56. The zero-order chi connectivity index (χ0) is 15.0. The molecule has 0 saturated heterocycles. The van der Waals surface area contributed by atoms with Crippen LogP contribution >= 0.6 is 0 Å². The minimum Gasteiger partial charge on any atom is -0.508 e. The van der Waals surface area contributed by atoms with Crippen molar-refractivity contribution in [3.8, 4) is 5.75 Å². The number of hydrogen-bond donors (Lipinski definition) is 3. The van der Waals surface area contributed by atoms with Crippen LogP contribution in [0.15, 0.2) is 18.2 Å². The second-order valence-corrected chi connectivity index (χ2v) is 5.08. The molecule has 0 heterocycles. The molecule has 1 aromatic carbocycles. The lowest BCUT2D eigenvalue weighted by Crippen LogP contribution is -2.25. The van der Waals surface area contributed by atoms with E-state index in [9.17, 15) is 5.11 Å². The second kappa shape index (κ2) is 8.82. The highest BCUT2D eigenvalue weighted by Crippen LogP contribution is 2.29. The average molecular weight is 280 g/mol. The molecule has 0 bridgehead atoms. The number of nitrogens with one attached hydrogen (secondary N) is 1. The molecule has 3 N–H and O–H groups in total. The van der Waals surface area contributed by atoms with E-state index in [1.54, 1.807) is 0 Å². The summed E-state index contributed by atoms with van der Waals surface area (Å²) in [6.07, 6.45) is 1.82. The van der Waals surface area contributed by atoms with Crippen LogP contribution in [-0.2, 0) is 0 Å². The Bertz CT molecular complexity index is 396. The van der Waals surface area contributed by atoms with Crippen LogP contribution in [0.4, 0.5) is 5.69 Å². The van der Waals surface area contributed by atoms with E-state index in [1.165, 1.54) is 0 Å². The van der Waals surface area contributed by atoms with Crippen molar-refractivity contribution in [2.75, 3.05) is 31.1 Å². The lowest BCUT2D eigenvalue weighted by molar-refractivity contribution is 0.289. The van der Waals surface area contributed by atoms with E-state index in [2.05, 4.69) is 31.0 Å². The molecule has 1 atom stereocenters. The fourth-order valence-corrected chi connectivity index (χ4v) is 2.30. The van der Waals surface area contributed by atoms with Gasteiger partial charge >= 0.3 is 0 Å². The molecule has 114 valence electrons.